The smallest absolute Gasteiger partial charge is 0.417 e. The second-order valence-corrected chi connectivity index (χ2v) is 7.98. The molecule has 0 aliphatic carbocycles. The molecule has 158 valence electrons. The predicted octanol–water partition coefficient (Wildman–Crippen LogP) is 3.92. The molecule has 1 N–H and O–H groups in total. The zero-order valence-electron chi connectivity index (χ0n) is 16.4. The number of rotatable bonds is 5. The molecule has 2 fully saturated rings. The van der Waals surface area contributed by atoms with E-state index in [4.69, 9.17) is 4.42 Å². The van der Waals surface area contributed by atoms with Gasteiger partial charge in [0.2, 0.25) is 0 Å². The average molecular weight is 408 g/mol. The van der Waals surface area contributed by atoms with E-state index in [0.29, 0.717) is 17.9 Å². The van der Waals surface area contributed by atoms with Crippen molar-refractivity contribution in [3.63, 3.8) is 0 Å². The fourth-order valence-corrected chi connectivity index (χ4v) is 4.28. The topological polar surface area (TPSA) is 44.5 Å². The summed E-state index contributed by atoms with van der Waals surface area (Å²) in [6.45, 7) is 4.55. The summed E-state index contributed by atoms with van der Waals surface area (Å²) in [6, 6.07) is 7.36. The van der Waals surface area contributed by atoms with Gasteiger partial charge in [-0.3, -0.25) is 4.90 Å². The Morgan fingerprint density at radius 1 is 1.07 bits per heavy atom. The van der Waals surface area contributed by atoms with Gasteiger partial charge in [-0.05, 0) is 49.9 Å². The third kappa shape index (κ3) is 5.30. The standard InChI is InChI=1S/C21H27F3N4O/c22-21(23,24)16-5-6-20(25-13-16)28-9-1-3-18(14-28)26-17-7-10-27(11-8-17)15-19-4-2-12-29-19/h2,4-6,12-13,17-18,26H,1,3,7-11,14-15H2. The summed E-state index contributed by atoms with van der Waals surface area (Å²) in [5.41, 5.74) is -0.700. The van der Waals surface area contributed by atoms with E-state index in [1.165, 1.54) is 6.07 Å². The molecular weight excluding hydrogens is 381 g/mol. The Labute approximate surface area is 168 Å². The van der Waals surface area contributed by atoms with Gasteiger partial charge >= 0.3 is 6.18 Å². The van der Waals surface area contributed by atoms with Crippen LogP contribution >= 0.6 is 0 Å². The molecule has 0 saturated carbocycles. The highest BCUT2D eigenvalue weighted by molar-refractivity contribution is 5.40. The number of hydrogen-bond acceptors (Lipinski definition) is 5. The van der Waals surface area contributed by atoms with Gasteiger partial charge in [0.05, 0.1) is 18.4 Å². The van der Waals surface area contributed by atoms with Gasteiger partial charge in [-0.1, -0.05) is 0 Å². The lowest BCUT2D eigenvalue weighted by Crippen LogP contribution is -2.52. The van der Waals surface area contributed by atoms with Gasteiger partial charge in [-0.15, -0.1) is 0 Å². The second-order valence-electron chi connectivity index (χ2n) is 7.98. The third-order valence-electron chi connectivity index (χ3n) is 5.84. The number of hydrogen-bond donors (Lipinski definition) is 1. The third-order valence-corrected chi connectivity index (χ3v) is 5.84. The molecule has 4 heterocycles. The number of nitrogens with one attached hydrogen (secondary N) is 1. The van der Waals surface area contributed by atoms with Gasteiger partial charge in [0, 0.05) is 44.5 Å². The first-order valence-corrected chi connectivity index (χ1v) is 10.3. The zero-order chi connectivity index (χ0) is 20.3. The number of pyridine rings is 1. The minimum atomic E-state index is -4.34. The number of likely N-dealkylation sites (tertiary alicyclic amines) is 1. The Morgan fingerprint density at radius 2 is 1.90 bits per heavy atom. The van der Waals surface area contributed by atoms with Crippen LogP contribution in [0.4, 0.5) is 19.0 Å². The number of nitrogens with zero attached hydrogens (tertiary/aromatic N) is 3. The van der Waals surface area contributed by atoms with E-state index >= 15 is 0 Å². The molecule has 2 saturated heterocycles. The average Bonchev–Trinajstić information content (AvgIpc) is 3.22. The van der Waals surface area contributed by atoms with Crippen molar-refractivity contribution >= 4 is 5.82 Å². The van der Waals surface area contributed by atoms with Crippen LogP contribution in [0.5, 0.6) is 0 Å². The molecule has 2 aromatic heterocycles. The maximum absolute atomic E-state index is 12.7. The van der Waals surface area contributed by atoms with Crippen molar-refractivity contribution in [2.24, 2.45) is 0 Å². The largest absolute Gasteiger partial charge is 0.468 e. The van der Waals surface area contributed by atoms with E-state index in [2.05, 4.69) is 20.1 Å². The van der Waals surface area contributed by atoms with Gasteiger partial charge in [0.15, 0.2) is 0 Å². The maximum Gasteiger partial charge on any atom is 0.417 e. The summed E-state index contributed by atoms with van der Waals surface area (Å²) >= 11 is 0. The van der Waals surface area contributed by atoms with E-state index in [1.807, 2.05) is 12.1 Å². The monoisotopic (exact) mass is 408 g/mol. The van der Waals surface area contributed by atoms with Crippen LogP contribution in [-0.2, 0) is 12.7 Å². The van der Waals surface area contributed by atoms with Crippen molar-refractivity contribution < 1.29 is 17.6 Å². The van der Waals surface area contributed by atoms with Crippen LogP contribution in [-0.4, -0.2) is 48.1 Å². The molecule has 0 radical (unpaired) electrons. The fourth-order valence-electron chi connectivity index (χ4n) is 4.28. The number of halogens is 3. The molecule has 29 heavy (non-hydrogen) atoms. The Balaban J connectivity index is 1.26. The minimum Gasteiger partial charge on any atom is -0.468 e. The van der Waals surface area contributed by atoms with Crippen LogP contribution < -0.4 is 10.2 Å². The van der Waals surface area contributed by atoms with Crippen molar-refractivity contribution in [2.45, 2.75) is 50.5 Å². The van der Waals surface area contributed by atoms with Crippen molar-refractivity contribution in [3.05, 3.63) is 48.0 Å². The van der Waals surface area contributed by atoms with E-state index in [9.17, 15) is 13.2 Å². The molecular formula is C21H27F3N4O. The molecule has 2 aromatic rings. The summed E-state index contributed by atoms with van der Waals surface area (Å²) in [4.78, 5) is 8.56. The molecule has 2 aliphatic heterocycles. The zero-order valence-corrected chi connectivity index (χ0v) is 16.4. The highest BCUT2D eigenvalue weighted by atomic mass is 19.4. The summed E-state index contributed by atoms with van der Waals surface area (Å²) in [7, 11) is 0. The van der Waals surface area contributed by atoms with E-state index < -0.39 is 11.7 Å². The molecule has 4 rings (SSSR count). The van der Waals surface area contributed by atoms with Gasteiger partial charge in [-0.25, -0.2) is 4.98 Å². The lowest BCUT2D eigenvalue weighted by atomic mass is 10.00. The number of furan rings is 1. The molecule has 0 aromatic carbocycles. The van der Waals surface area contributed by atoms with Crippen LogP contribution in [0.15, 0.2) is 41.1 Å². The first kappa shape index (κ1) is 20.2. The predicted molar refractivity (Wildman–Crippen MR) is 105 cm³/mol. The van der Waals surface area contributed by atoms with Crippen LogP contribution in [0.25, 0.3) is 0 Å². The second kappa shape index (κ2) is 8.75. The number of anilines is 1. The van der Waals surface area contributed by atoms with Crippen molar-refractivity contribution in [2.75, 3.05) is 31.1 Å². The summed E-state index contributed by atoms with van der Waals surface area (Å²) in [5.74, 6) is 1.63. The minimum absolute atomic E-state index is 0.342. The van der Waals surface area contributed by atoms with Gasteiger partial charge in [0.1, 0.15) is 11.6 Å². The molecule has 8 heteroatoms. The van der Waals surface area contributed by atoms with Crippen molar-refractivity contribution in [1.82, 2.24) is 15.2 Å². The van der Waals surface area contributed by atoms with Gasteiger partial charge in [-0.2, -0.15) is 13.2 Å². The molecule has 2 aliphatic rings. The molecule has 0 amide bonds. The Bertz CT molecular complexity index is 755. The molecule has 5 nitrogen and oxygen atoms in total. The van der Waals surface area contributed by atoms with Crippen LogP contribution in [0.1, 0.15) is 37.0 Å². The van der Waals surface area contributed by atoms with Gasteiger partial charge in [0.25, 0.3) is 0 Å². The van der Waals surface area contributed by atoms with Crippen molar-refractivity contribution in [1.29, 1.82) is 0 Å². The lowest BCUT2D eigenvalue weighted by molar-refractivity contribution is -0.137. The quantitative estimate of drug-likeness (QED) is 0.813. The van der Waals surface area contributed by atoms with Crippen LogP contribution in [0.2, 0.25) is 0 Å². The van der Waals surface area contributed by atoms with E-state index in [0.717, 1.165) is 76.4 Å². The summed E-state index contributed by atoms with van der Waals surface area (Å²) in [5, 5.41) is 3.77. The highest BCUT2D eigenvalue weighted by Crippen LogP contribution is 2.30. The molecule has 1 atom stereocenters. The van der Waals surface area contributed by atoms with Crippen LogP contribution in [0.3, 0.4) is 0 Å². The fraction of sp³-hybridized carbons (Fsp3) is 0.571. The normalized spacial score (nSPS) is 22.2. The maximum atomic E-state index is 12.7. The number of piperidine rings is 2. The molecule has 1 unspecified atom stereocenters. The Hall–Kier alpha value is -2.06. The first-order valence-electron chi connectivity index (χ1n) is 10.3. The molecule has 0 spiro atoms. The van der Waals surface area contributed by atoms with E-state index in [-0.39, 0.29) is 0 Å². The summed E-state index contributed by atoms with van der Waals surface area (Å²) in [6.07, 6.45) is 2.58. The highest BCUT2D eigenvalue weighted by Gasteiger charge is 2.31. The Kier molecular flexibility index (Phi) is 6.10. The summed E-state index contributed by atoms with van der Waals surface area (Å²) < 4.78 is 43.7. The first-order chi connectivity index (χ1) is 14.0. The lowest BCUT2D eigenvalue weighted by Gasteiger charge is -2.38. The number of aromatic nitrogens is 1. The Morgan fingerprint density at radius 3 is 2.55 bits per heavy atom. The molecule has 0 bridgehead atoms. The van der Waals surface area contributed by atoms with E-state index in [1.54, 1.807) is 6.26 Å². The van der Waals surface area contributed by atoms with Crippen LogP contribution in [0, 0.1) is 0 Å². The van der Waals surface area contributed by atoms with Crippen molar-refractivity contribution in [3.8, 4) is 0 Å². The number of alkyl halides is 3. The SMILES string of the molecule is FC(F)(F)c1ccc(N2CCCC(NC3CCN(Cc4ccco4)CC3)C2)nc1. The van der Waals surface area contributed by atoms with Gasteiger partial charge < -0.3 is 14.6 Å².